The third-order valence-corrected chi connectivity index (χ3v) is 3.23. The summed E-state index contributed by atoms with van der Waals surface area (Å²) in [6, 6.07) is 3.44. The second-order valence-corrected chi connectivity index (χ2v) is 5.36. The average molecular weight is 294 g/mol. The van der Waals surface area contributed by atoms with Crippen LogP contribution in [0, 0.1) is 0 Å². The molecule has 1 aliphatic rings. The fourth-order valence-electron chi connectivity index (χ4n) is 2.19. The molecule has 6 nitrogen and oxygen atoms in total. The number of fused-ring (bicyclic) bond motifs is 1. The van der Waals surface area contributed by atoms with E-state index in [9.17, 15) is 9.90 Å². The van der Waals surface area contributed by atoms with E-state index in [-0.39, 0.29) is 24.5 Å². The smallest absolute Gasteiger partial charge is 0.234 e. The first-order valence-corrected chi connectivity index (χ1v) is 7.12. The summed E-state index contributed by atoms with van der Waals surface area (Å²) in [5.74, 6) is 1.32. The van der Waals surface area contributed by atoms with Crippen molar-refractivity contribution < 1.29 is 19.4 Å². The first-order chi connectivity index (χ1) is 9.99. The van der Waals surface area contributed by atoms with Crippen molar-refractivity contribution in [2.75, 3.05) is 19.9 Å². The number of likely N-dealkylation sites (N-methyl/N-ethyl adjacent to an activating group) is 1. The highest BCUT2D eigenvalue weighted by Gasteiger charge is 2.19. The number of carbonyl (C=O) groups excluding carboxylic acids is 1. The van der Waals surface area contributed by atoms with Crippen molar-refractivity contribution in [2.45, 2.75) is 33.4 Å². The third kappa shape index (κ3) is 4.01. The predicted octanol–water partition coefficient (Wildman–Crippen LogP) is 1.47. The van der Waals surface area contributed by atoms with Gasteiger partial charge in [0.25, 0.3) is 0 Å². The maximum atomic E-state index is 11.8. The lowest BCUT2D eigenvalue weighted by Gasteiger charge is -2.21. The van der Waals surface area contributed by atoms with Crippen LogP contribution in [0.15, 0.2) is 12.1 Å². The van der Waals surface area contributed by atoms with E-state index in [1.807, 2.05) is 25.7 Å². The lowest BCUT2D eigenvalue weighted by molar-refractivity contribution is -0.122. The summed E-state index contributed by atoms with van der Waals surface area (Å²) in [4.78, 5) is 13.8. The molecule has 116 valence electrons. The molecule has 0 spiro atoms. The molecule has 0 saturated heterocycles. The lowest BCUT2D eigenvalue weighted by atomic mass is 10.1. The molecular weight excluding hydrogens is 272 g/mol. The van der Waals surface area contributed by atoms with E-state index in [4.69, 9.17) is 9.47 Å². The van der Waals surface area contributed by atoms with Crippen molar-refractivity contribution in [3.05, 3.63) is 17.7 Å². The fraction of sp³-hybridized carbons (Fsp3) is 0.533. The zero-order valence-corrected chi connectivity index (χ0v) is 12.7. The minimum atomic E-state index is -0.0212. The number of hydrogen-bond donors (Lipinski definition) is 2. The quantitative estimate of drug-likeness (QED) is 0.831. The van der Waals surface area contributed by atoms with Crippen LogP contribution in [0.5, 0.6) is 17.2 Å². The predicted molar refractivity (Wildman–Crippen MR) is 78.5 cm³/mol. The first-order valence-electron chi connectivity index (χ1n) is 7.12. The van der Waals surface area contributed by atoms with Crippen LogP contribution in [0.3, 0.4) is 0 Å². The Kier molecular flexibility index (Phi) is 4.90. The van der Waals surface area contributed by atoms with Crippen molar-refractivity contribution in [3.63, 3.8) is 0 Å². The van der Waals surface area contributed by atoms with Gasteiger partial charge in [0.05, 0.1) is 6.54 Å². The van der Waals surface area contributed by atoms with E-state index in [0.29, 0.717) is 31.1 Å². The van der Waals surface area contributed by atoms with Crippen LogP contribution in [-0.4, -0.2) is 41.8 Å². The molecule has 2 rings (SSSR count). The molecule has 0 fully saturated rings. The van der Waals surface area contributed by atoms with E-state index in [1.165, 1.54) is 0 Å². The summed E-state index contributed by atoms with van der Waals surface area (Å²) < 4.78 is 10.5. The molecule has 6 heteroatoms. The summed E-state index contributed by atoms with van der Waals surface area (Å²) in [5, 5.41) is 12.9. The van der Waals surface area contributed by atoms with Crippen LogP contribution < -0.4 is 14.8 Å². The van der Waals surface area contributed by atoms with Crippen molar-refractivity contribution in [3.8, 4) is 17.2 Å². The molecule has 0 bridgehead atoms. The summed E-state index contributed by atoms with van der Waals surface area (Å²) in [6.45, 7) is 7.49. The molecule has 0 unspecified atom stereocenters. The molecule has 0 aliphatic carbocycles. The minimum Gasteiger partial charge on any atom is -0.507 e. The molecule has 1 aliphatic heterocycles. The standard InChI is InChI=1S/C15H22N2O4/c1-4-17(8-15(19)16-10(2)3)7-11-5-13-14(6-12(11)18)21-9-20-13/h5-6,10,18H,4,7-9H2,1-3H3,(H,16,19). The number of ether oxygens (including phenoxy) is 2. The molecular formula is C15H22N2O4. The van der Waals surface area contributed by atoms with E-state index >= 15 is 0 Å². The van der Waals surface area contributed by atoms with E-state index in [0.717, 1.165) is 5.56 Å². The fourth-order valence-corrected chi connectivity index (χ4v) is 2.19. The Hall–Kier alpha value is -1.95. The number of benzene rings is 1. The number of hydrogen-bond acceptors (Lipinski definition) is 5. The SMILES string of the molecule is CCN(CC(=O)NC(C)C)Cc1cc2c(cc1O)OCO2. The largest absolute Gasteiger partial charge is 0.507 e. The van der Waals surface area contributed by atoms with Gasteiger partial charge in [0.1, 0.15) is 5.75 Å². The Morgan fingerprint density at radius 1 is 1.38 bits per heavy atom. The normalized spacial score (nSPS) is 13.0. The van der Waals surface area contributed by atoms with Gasteiger partial charge in [-0.2, -0.15) is 0 Å². The lowest BCUT2D eigenvalue weighted by Crippen LogP contribution is -2.39. The second-order valence-electron chi connectivity index (χ2n) is 5.36. The van der Waals surface area contributed by atoms with Gasteiger partial charge in [0.15, 0.2) is 11.5 Å². The molecule has 0 aromatic heterocycles. The number of aromatic hydroxyl groups is 1. The Labute approximate surface area is 124 Å². The van der Waals surface area contributed by atoms with Gasteiger partial charge in [-0.1, -0.05) is 6.92 Å². The Morgan fingerprint density at radius 2 is 2.05 bits per heavy atom. The zero-order valence-electron chi connectivity index (χ0n) is 12.7. The van der Waals surface area contributed by atoms with Gasteiger partial charge >= 0.3 is 0 Å². The molecule has 0 atom stereocenters. The zero-order chi connectivity index (χ0) is 15.4. The maximum absolute atomic E-state index is 11.8. The summed E-state index contributed by atoms with van der Waals surface area (Å²) in [7, 11) is 0. The van der Waals surface area contributed by atoms with Crippen molar-refractivity contribution in [1.29, 1.82) is 0 Å². The monoisotopic (exact) mass is 294 g/mol. The van der Waals surface area contributed by atoms with Crippen LogP contribution in [0.25, 0.3) is 0 Å². The Morgan fingerprint density at radius 3 is 2.67 bits per heavy atom. The van der Waals surface area contributed by atoms with Gasteiger partial charge in [-0.25, -0.2) is 0 Å². The van der Waals surface area contributed by atoms with E-state index < -0.39 is 0 Å². The number of amides is 1. The highest BCUT2D eigenvalue weighted by molar-refractivity contribution is 5.78. The van der Waals surface area contributed by atoms with Crippen LogP contribution in [0.2, 0.25) is 0 Å². The molecule has 2 N–H and O–H groups in total. The molecule has 1 heterocycles. The van der Waals surface area contributed by atoms with Gasteiger partial charge in [-0.15, -0.1) is 0 Å². The van der Waals surface area contributed by atoms with Crippen molar-refractivity contribution in [2.24, 2.45) is 0 Å². The minimum absolute atomic E-state index is 0.0212. The Bertz CT molecular complexity index is 517. The summed E-state index contributed by atoms with van der Waals surface area (Å²) in [6.07, 6.45) is 0. The highest BCUT2D eigenvalue weighted by Crippen LogP contribution is 2.37. The number of nitrogens with one attached hydrogen (secondary N) is 1. The third-order valence-electron chi connectivity index (χ3n) is 3.23. The van der Waals surface area contributed by atoms with Gasteiger partial charge in [0, 0.05) is 24.2 Å². The number of nitrogens with zero attached hydrogens (tertiary/aromatic N) is 1. The molecule has 0 saturated carbocycles. The molecule has 1 aromatic carbocycles. The van der Waals surface area contributed by atoms with E-state index in [1.54, 1.807) is 12.1 Å². The topological polar surface area (TPSA) is 71.0 Å². The van der Waals surface area contributed by atoms with Gasteiger partial charge in [-0.3, -0.25) is 9.69 Å². The van der Waals surface area contributed by atoms with E-state index in [2.05, 4.69) is 5.32 Å². The summed E-state index contributed by atoms with van der Waals surface area (Å²) >= 11 is 0. The molecule has 21 heavy (non-hydrogen) atoms. The first kappa shape index (κ1) is 15.4. The average Bonchev–Trinajstić information content (AvgIpc) is 2.84. The number of phenols is 1. The maximum Gasteiger partial charge on any atom is 0.234 e. The van der Waals surface area contributed by atoms with Gasteiger partial charge in [0.2, 0.25) is 12.7 Å². The van der Waals surface area contributed by atoms with Gasteiger partial charge in [-0.05, 0) is 26.5 Å². The van der Waals surface area contributed by atoms with Gasteiger partial charge < -0.3 is 19.9 Å². The van der Waals surface area contributed by atoms with Crippen LogP contribution in [-0.2, 0) is 11.3 Å². The highest BCUT2D eigenvalue weighted by atomic mass is 16.7. The Balaban J connectivity index is 2.03. The molecule has 1 amide bonds. The van der Waals surface area contributed by atoms with Crippen LogP contribution in [0.4, 0.5) is 0 Å². The molecule has 1 aromatic rings. The van der Waals surface area contributed by atoms with Crippen molar-refractivity contribution >= 4 is 5.91 Å². The molecule has 0 radical (unpaired) electrons. The van der Waals surface area contributed by atoms with Crippen molar-refractivity contribution in [1.82, 2.24) is 10.2 Å². The summed E-state index contributed by atoms with van der Waals surface area (Å²) in [5.41, 5.74) is 0.721. The van der Waals surface area contributed by atoms with Crippen LogP contribution >= 0.6 is 0 Å². The number of rotatable bonds is 6. The second kappa shape index (κ2) is 6.67. The van der Waals surface area contributed by atoms with Crippen LogP contribution in [0.1, 0.15) is 26.3 Å². The number of carbonyl (C=O) groups is 1. The number of phenolic OH excluding ortho intramolecular Hbond substituents is 1.